The molecule has 0 atom stereocenters. The van der Waals surface area contributed by atoms with Crippen molar-refractivity contribution < 1.29 is 0 Å². The highest BCUT2D eigenvalue weighted by atomic mass is 79.9. The molecule has 4 nitrogen and oxygen atoms in total. The number of pyridine rings is 1. The summed E-state index contributed by atoms with van der Waals surface area (Å²) in [7, 11) is 0. The lowest BCUT2D eigenvalue weighted by Crippen LogP contribution is -2.35. The van der Waals surface area contributed by atoms with Crippen molar-refractivity contribution in [1.82, 2.24) is 20.1 Å². The fourth-order valence-corrected chi connectivity index (χ4v) is 2.46. The van der Waals surface area contributed by atoms with Crippen molar-refractivity contribution in [1.29, 1.82) is 0 Å². The number of rotatable bonds is 3. The van der Waals surface area contributed by atoms with Gasteiger partial charge in [0.2, 0.25) is 0 Å². The monoisotopic (exact) mass is 350 g/mol. The van der Waals surface area contributed by atoms with Gasteiger partial charge >= 0.3 is 0 Å². The maximum absolute atomic E-state index is 4.63. The molecular formula is C16H23BrN4. The Labute approximate surface area is 135 Å². The molecule has 2 aromatic rings. The lowest BCUT2D eigenvalue weighted by atomic mass is 10.1. The lowest BCUT2D eigenvalue weighted by Gasteiger charge is -2.21. The second kappa shape index (κ2) is 5.89. The molecule has 114 valence electrons. The molecule has 2 aromatic heterocycles. The minimum Gasteiger partial charge on any atom is -0.308 e. The van der Waals surface area contributed by atoms with E-state index in [2.05, 4.69) is 72.0 Å². The smallest absolute Gasteiger partial charge is 0.158 e. The first-order chi connectivity index (χ1) is 9.69. The van der Waals surface area contributed by atoms with Crippen molar-refractivity contribution >= 4 is 15.9 Å². The van der Waals surface area contributed by atoms with Gasteiger partial charge in [-0.2, -0.15) is 5.10 Å². The first kappa shape index (κ1) is 16.2. The third kappa shape index (κ3) is 3.71. The maximum atomic E-state index is 4.63. The minimum absolute atomic E-state index is 0.0601. The van der Waals surface area contributed by atoms with Gasteiger partial charge in [-0.1, -0.05) is 0 Å². The van der Waals surface area contributed by atoms with Crippen molar-refractivity contribution in [2.75, 3.05) is 0 Å². The number of nitrogens with one attached hydrogen (secondary N) is 1. The van der Waals surface area contributed by atoms with Gasteiger partial charge in [0.15, 0.2) is 5.82 Å². The summed E-state index contributed by atoms with van der Waals surface area (Å²) in [5.41, 5.74) is 4.59. The second-order valence-electron chi connectivity index (χ2n) is 6.45. The molecule has 1 N–H and O–H groups in total. The predicted octanol–water partition coefficient (Wildman–Crippen LogP) is 3.84. The molecule has 2 heterocycles. The van der Waals surface area contributed by atoms with Crippen molar-refractivity contribution in [3.63, 3.8) is 0 Å². The Morgan fingerprint density at radius 1 is 1.24 bits per heavy atom. The number of nitrogens with zero attached hydrogens (tertiary/aromatic N) is 3. The lowest BCUT2D eigenvalue weighted by molar-refractivity contribution is 0.423. The largest absolute Gasteiger partial charge is 0.308 e. The number of hydrogen-bond acceptors (Lipinski definition) is 3. The van der Waals surface area contributed by atoms with Gasteiger partial charge in [-0.25, -0.2) is 9.67 Å². The van der Waals surface area contributed by atoms with Gasteiger partial charge in [-0.05, 0) is 69.1 Å². The van der Waals surface area contributed by atoms with Crippen LogP contribution in [0.25, 0.3) is 5.82 Å². The van der Waals surface area contributed by atoms with E-state index in [0.29, 0.717) is 0 Å². The zero-order valence-corrected chi connectivity index (χ0v) is 15.2. The van der Waals surface area contributed by atoms with Gasteiger partial charge in [0, 0.05) is 34.0 Å². The molecule has 5 heteroatoms. The molecule has 0 aliphatic carbocycles. The molecule has 2 rings (SSSR count). The van der Waals surface area contributed by atoms with Crippen LogP contribution in [-0.2, 0) is 6.54 Å². The minimum atomic E-state index is 0.0601. The van der Waals surface area contributed by atoms with Crippen LogP contribution in [0, 0.1) is 20.8 Å². The van der Waals surface area contributed by atoms with Crippen LogP contribution in [0.2, 0.25) is 0 Å². The van der Waals surface area contributed by atoms with Gasteiger partial charge in [-0.15, -0.1) is 0 Å². The summed E-state index contributed by atoms with van der Waals surface area (Å²) in [5, 5.41) is 8.14. The molecule has 0 bridgehead atoms. The number of halogens is 1. The summed E-state index contributed by atoms with van der Waals surface area (Å²) >= 11 is 3.51. The number of hydrogen-bond donors (Lipinski definition) is 1. The Hall–Kier alpha value is -1.20. The van der Waals surface area contributed by atoms with Crippen LogP contribution < -0.4 is 5.32 Å². The fourth-order valence-electron chi connectivity index (χ4n) is 2.08. The first-order valence-electron chi connectivity index (χ1n) is 7.11. The molecule has 0 spiro atoms. The van der Waals surface area contributed by atoms with Crippen molar-refractivity contribution in [2.45, 2.75) is 53.6 Å². The summed E-state index contributed by atoms with van der Waals surface area (Å²) in [6.07, 6.45) is 1.82. The molecule has 21 heavy (non-hydrogen) atoms. The molecule has 0 fully saturated rings. The Balaban J connectivity index is 2.46. The van der Waals surface area contributed by atoms with Crippen molar-refractivity contribution in [2.24, 2.45) is 0 Å². The zero-order valence-electron chi connectivity index (χ0n) is 13.6. The average Bonchev–Trinajstić information content (AvgIpc) is 2.63. The van der Waals surface area contributed by atoms with E-state index in [1.54, 1.807) is 0 Å². The van der Waals surface area contributed by atoms with E-state index in [4.69, 9.17) is 0 Å². The quantitative estimate of drug-likeness (QED) is 0.914. The van der Waals surface area contributed by atoms with Gasteiger partial charge in [0.05, 0.1) is 5.69 Å². The molecule has 0 amide bonds. The van der Waals surface area contributed by atoms with Crippen LogP contribution in [0.3, 0.4) is 0 Å². The molecule has 0 saturated heterocycles. The number of aromatic nitrogens is 3. The van der Waals surface area contributed by atoms with E-state index >= 15 is 0 Å². The highest BCUT2D eigenvalue weighted by Gasteiger charge is 2.16. The third-order valence-corrected chi connectivity index (χ3v) is 4.01. The normalized spacial score (nSPS) is 12.0. The average molecular weight is 351 g/mol. The standard InChI is InChI=1S/C16H23BrN4/c1-10-11(2)20-21(12(10)3)15-13(7-14(17)9-18-15)8-19-16(4,5)6/h7,9,19H,8H2,1-6H3. The summed E-state index contributed by atoms with van der Waals surface area (Å²) in [6.45, 7) is 13.4. The third-order valence-electron chi connectivity index (χ3n) is 3.57. The fraction of sp³-hybridized carbons (Fsp3) is 0.500. The predicted molar refractivity (Wildman–Crippen MR) is 89.9 cm³/mol. The Kier molecular flexibility index (Phi) is 4.54. The molecule has 0 unspecified atom stereocenters. The van der Waals surface area contributed by atoms with Gasteiger partial charge in [-0.3, -0.25) is 0 Å². The van der Waals surface area contributed by atoms with Crippen LogP contribution in [0.15, 0.2) is 16.7 Å². The first-order valence-corrected chi connectivity index (χ1v) is 7.91. The van der Waals surface area contributed by atoms with Crippen LogP contribution in [0.4, 0.5) is 0 Å². The van der Waals surface area contributed by atoms with E-state index < -0.39 is 0 Å². The van der Waals surface area contributed by atoms with Crippen LogP contribution in [-0.4, -0.2) is 20.3 Å². The number of aryl methyl sites for hydroxylation is 1. The topological polar surface area (TPSA) is 42.7 Å². The molecule has 0 radical (unpaired) electrons. The second-order valence-corrected chi connectivity index (χ2v) is 7.36. The van der Waals surface area contributed by atoms with E-state index in [1.807, 2.05) is 17.8 Å². The van der Waals surface area contributed by atoms with Crippen LogP contribution in [0.5, 0.6) is 0 Å². The molecule has 0 saturated carbocycles. The van der Waals surface area contributed by atoms with Gasteiger partial charge in [0.25, 0.3) is 0 Å². The summed E-state index contributed by atoms with van der Waals surface area (Å²) in [5.74, 6) is 0.892. The highest BCUT2D eigenvalue weighted by molar-refractivity contribution is 9.10. The SMILES string of the molecule is Cc1nn(-c2ncc(Br)cc2CNC(C)(C)C)c(C)c1C. The van der Waals surface area contributed by atoms with Crippen molar-refractivity contribution in [3.8, 4) is 5.82 Å². The summed E-state index contributed by atoms with van der Waals surface area (Å²) in [4.78, 5) is 4.58. The summed E-state index contributed by atoms with van der Waals surface area (Å²) in [6, 6.07) is 2.10. The van der Waals surface area contributed by atoms with E-state index in [0.717, 1.165) is 33.8 Å². The maximum Gasteiger partial charge on any atom is 0.158 e. The van der Waals surface area contributed by atoms with E-state index in [-0.39, 0.29) is 5.54 Å². The van der Waals surface area contributed by atoms with Gasteiger partial charge < -0.3 is 5.32 Å². The Morgan fingerprint density at radius 2 is 1.90 bits per heavy atom. The summed E-state index contributed by atoms with van der Waals surface area (Å²) < 4.78 is 2.92. The Bertz CT molecular complexity index is 653. The van der Waals surface area contributed by atoms with E-state index in [9.17, 15) is 0 Å². The zero-order chi connectivity index (χ0) is 15.8. The van der Waals surface area contributed by atoms with Crippen molar-refractivity contribution in [3.05, 3.63) is 39.3 Å². The molecular weight excluding hydrogens is 328 g/mol. The Morgan fingerprint density at radius 3 is 2.43 bits per heavy atom. The van der Waals surface area contributed by atoms with Crippen LogP contribution in [0.1, 0.15) is 43.3 Å². The van der Waals surface area contributed by atoms with Crippen LogP contribution >= 0.6 is 15.9 Å². The van der Waals surface area contributed by atoms with E-state index in [1.165, 1.54) is 5.56 Å². The molecule has 0 aromatic carbocycles. The molecule has 0 aliphatic rings. The van der Waals surface area contributed by atoms with Gasteiger partial charge in [0.1, 0.15) is 0 Å². The molecule has 0 aliphatic heterocycles. The highest BCUT2D eigenvalue weighted by Crippen LogP contribution is 2.21.